The van der Waals surface area contributed by atoms with Crippen molar-refractivity contribution in [3.8, 4) is 0 Å². The second-order valence-electron chi connectivity index (χ2n) is 7.58. The maximum atomic E-state index is 6.41. The Labute approximate surface area is 134 Å². The fraction of sp³-hybridized carbons (Fsp3) is 0.667. The number of piperidine rings is 1. The Hall–Kier alpha value is -0.730. The Morgan fingerprint density at radius 1 is 1.29 bits per heavy atom. The molecule has 0 saturated carbocycles. The molecule has 1 atom stereocenters. The third-order valence-corrected chi connectivity index (χ3v) is 5.02. The molecule has 2 nitrogen and oxygen atoms in total. The highest BCUT2D eigenvalue weighted by Gasteiger charge is 2.28. The number of benzene rings is 1. The van der Waals surface area contributed by atoms with E-state index < -0.39 is 0 Å². The van der Waals surface area contributed by atoms with Crippen molar-refractivity contribution in [2.45, 2.75) is 53.0 Å². The Bertz CT molecular complexity index is 469. The van der Waals surface area contributed by atoms with Crippen molar-refractivity contribution in [2.75, 3.05) is 18.0 Å². The van der Waals surface area contributed by atoms with Crippen LogP contribution in [0, 0.1) is 11.3 Å². The number of anilines is 1. The van der Waals surface area contributed by atoms with Gasteiger partial charge in [0.1, 0.15) is 0 Å². The number of halogens is 1. The van der Waals surface area contributed by atoms with E-state index in [0.717, 1.165) is 36.0 Å². The van der Waals surface area contributed by atoms with Crippen molar-refractivity contribution >= 4 is 17.3 Å². The third-order valence-electron chi connectivity index (χ3n) is 4.66. The maximum Gasteiger partial charge on any atom is 0.0459 e. The predicted octanol–water partition coefficient (Wildman–Crippen LogP) is 4.49. The summed E-state index contributed by atoms with van der Waals surface area (Å²) in [7, 11) is 0. The SMILES string of the molecule is CC(N)Cc1ccc(N2CCC(C(C)(C)C)CC2)cc1Cl. The Morgan fingerprint density at radius 3 is 2.38 bits per heavy atom. The fourth-order valence-corrected chi connectivity index (χ4v) is 3.50. The van der Waals surface area contributed by atoms with E-state index in [1.54, 1.807) is 0 Å². The van der Waals surface area contributed by atoms with Crippen LogP contribution in [0.5, 0.6) is 0 Å². The van der Waals surface area contributed by atoms with Crippen LogP contribution in [-0.2, 0) is 6.42 Å². The molecule has 0 aromatic heterocycles. The van der Waals surface area contributed by atoms with Gasteiger partial charge in [-0.25, -0.2) is 0 Å². The van der Waals surface area contributed by atoms with Gasteiger partial charge in [0.25, 0.3) is 0 Å². The van der Waals surface area contributed by atoms with Gasteiger partial charge in [0.15, 0.2) is 0 Å². The lowest BCUT2D eigenvalue weighted by Gasteiger charge is -2.39. The van der Waals surface area contributed by atoms with E-state index >= 15 is 0 Å². The second-order valence-corrected chi connectivity index (χ2v) is 7.99. The minimum Gasteiger partial charge on any atom is -0.371 e. The summed E-state index contributed by atoms with van der Waals surface area (Å²) in [5.74, 6) is 0.821. The number of hydrogen-bond donors (Lipinski definition) is 1. The van der Waals surface area contributed by atoms with Crippen LogP contribution in [0.2, 0.25) is 5.02 Å². The number of hydrogen-bond acceptors (Lipinski definition) is 2. The first-order valence-corrected chi connectivity index (χ1v) is 8.44. The lowest BCUT2D eigenvalue weighted by atomic mass is 9.75. The van der Waals surface area contributed by atoms with E-state index in [0.29, 0.717) is 5.41 Å². The Kier molecular flexibility index (Phi) is 5.21. The van der Waals surface area contributed by atoms with Crippen LogP contribution < -0.4 is 10.6 Å². The lowest BCUT2D eigenvalue weighted by Crippen LogP contribution is -2.38. The van der Waals surface area contributed by atoms with Gasteiger partial charge in [-0.3, -0.25) is 0 Å². The van der Waals surface area contributed by atoms with Crippen LogP contribution in [0.4, 0.5) is 5.69 Å². The van der Waals surface area contributed by atoms with Crippen molar-refractivity contribution in [3.63, 3.8) is 0 Å². The van der Waals surface area contributed by atoms with Crippen molar-refractivity contribution in [3.05, 3.63) is 28.8 Å². The normalized spacial score (nSPS) is 18.9. The van der Waals surface area contributed by atoms with Gasteiger partial charge in [0.05, 0.1) is 0 Å². The molecule has 1 heterocycles. The number of nitrogens with zero attached hydrogens (tertiary/aromatic N) is 1. The molecular formula is C18H29ClN2. The van der Waals surface area contributed by atoms with Gasteiger partial charge in [0, 0.05) is 29.8 Å². The molecule has 1 fully saturated rings. The van der Waals surface area contributed by atoms with E-state index in [-0.39, 0.29) is 6.04 Å². The molecule has 0 amide bonds. The molecule has 1 saturated heterocycles. The zero-order chi connectivity index (χ0) is 15.6. The van der Waals surface area contributed by atoms with E-state index in [4.69, 9.17) is 17.3 Å². The molecule has 0 aliphatic carbocycles. The van der Waals surface area contributed by atoms with Crippen molar-refractivity contribution in [1.29, 1.82) is 0 Å². The quantitative estimate of drug-likeness (QED) is 0.891. The summed E-state index contributed by atoms with van der Waals surface area (Å²) in [6.45, 7) is 11.3. The van der Waals surface area contributed by atoms with Crippen LogP contribution >= 0.6 is 11.6 Å². The van der Waals surface area contributed by atoms with Crippen molar-refractivity contribution < 1.29 is 0 Å². The zero-order valence-corrected chi connectivity index (χ0v) is 14.6. The lowest BCUT2D eigenvalue weighted by molar-refractivity contribution is 0.199. The molecule has 0 bridgehead atoms. The van der Waals surface area contributed by atoms with Gasteiger partial charge in [-0.1, -0.05) is 38.4 Å². The van der Waals surface area contributed by atoms with Crippen LogP contribution in [0.25, 0.3) is 0 Å². The maximum absolute atomic E-state index is 6.41. The standard InChI is InChI=1S/C18H29ClN2/c1-13(20)11-14-5-6-16(12-17(14)19)21-9-7-15(8-10-21)18(2,3)4/h5-6,12-13,15H,7-11,20H2,1-4H3. The summed E-state index contributed by atoms with van der Waals surface area (Å²) in [5, 5.41) is 0.850. The first-order valence-electron chi connectivity index (χ1n) is 8.06. The highest BCUT2D eigenvalue weighted by molar-refractivity contribution is 6.31. The first-order chi connectivity index (χ1) is 9.77. The minimum absolute atomic E-state index is 0.149. The minimum atomic E-state index is 0.149. The first kappa shape index (κ1) is 16.6. The summed E-state index contributed by atoms with van der Waals surface area (Å²) in [6, 6.07) is 6.59. The molecule has 1 aliphatic heterocycles. The molecule has 118 valence electrons. The summed E-state index contributed by atoms with van der Waals surface area (Å²) in [5.41, 5.74) is 8.69. The zero-order valence-electron chi connectivity index (χ0n) is 13.8. The molecule has 1 aromatic carbocycles. The van der Waals surface area contributed by atoms with E-state index in [9.17, 15) is 0 Å². The van der Waals surface area contributed by atoms with Crippen LogP contribution in [0.3, 0.4) is 0 Å². The van der Waals surface area contributed by atoms with Gasteiger partial charge in [-0.2, -0.15) is 0 Å². The van der Waals surface area contributed by atoms with Gasteiger partial charge in [0.2, 0.25) is 0 Å². The second kappa shape index (κ2) is 6.58. The molecule has 1 aliphatic rings. The van der Waals surface area contributed by atoms with Gasteiger partial charge in [-0.15, -0.1) is 0 Å². The largest absolute Gasteiger partial charge is 0.371 e. The molecular weight excluding hydrogens is 280 g/mol. The fourth-order valence-electron chi connectivity index (χ4n) is 3.25. The summed E-state index contributed by atoms with van der Waals surface area (Å²) in [6.07, 6.45) is 3.37. The predicted molar refractivity (Wildman–Crippen MR) is 93.2 cm³/mol. The molecule has 1 aromatic rings. The van der Waals surface area contributed by atoms with Crippen LogP contribution in [0.15, 0.2) is 18.2 Å². The van der Waals surface area contributed by atoms with Gasteiger partial charge >= 0.3 is 0 Å². The highest BCUT2D eigenvalue weighted by Crippen LogP contribution is 2.36. The smallest absolute Gasteiger partial charge is 0.0459 e. The average molecular weight is 309 g/mol. The molecule has 0 radical (unpaired) electrons. The van der Waals surface area contributed by atoms with E-state index in [2.05, 4.69) is 43.9 Å². The highest BCUT2D eigenvalue weighted by atomic mass is 35.5. The number of nitrogens with two attached hydrogens (primary N) is 1. The topological polar surface area (TPSA) is 29.3 Å². The summed E-state index contributed by atoms with van der Waals surface area (Å²) >= 11 is 6.41. The molecule has 1 unspecified atom stereocenters. The summed E-state index contributed by atoms with van der Waals surface area (Å²) < 4.78 is 0. The summed E-state index contributed by atoms with van der Waals surface area (Å²) in [4.78, 5) is 2.46. The van der Waals surface area contributed by atoms with E-state index in [1.165, 1.54) is 18.5 Å². The molecule has 3 heteroatoms. The molecule has 21 heavy (non-hydrogen) atoms. The molecule has 2 N–H and O–H groups in total. The molecule has 2 rings (SSSR count). The number of rotatable bonds is 3. The van der Waals surface area contributed by atoms with Gasteiger partial charge < -0.3 is 10.6 Å². The van der Waals surface area contributed by atoms with Crippen LogP contribution in [0.1, 0.15) is 46.1 Å². The van der Waals surface area contributed by atoms with Crippen molar-refractivity contribution in [2.24, 2.45) is 17.1 Å². The average Bonchev–Trinajstić information content (AvgIpc) is 2.40. The van der Waals surface area contributed by atoms with Gasteiger partial charge in [-0.05, 0) is 55.2 Å². The van der Waals surface area contributed by atoms with Crippen molar-refractivity contribution in [1.82, 2.24) is 0 Å². The monoisotopic (exact) mass is 308 g/mol. The Morgan fingerprint density at radius 2 is 1.90 bits per heavy atom. The third kappa shape index (κ3) is 4.37. The van der Waals surface area contributed by atoms with E-state index in [1.807, 2.05) is 6.92 Å². The Balaban J connectivity index is 2.02. The van der Waals surface area contributed by atoms with Crippen LogP contribution in [-0.4, -0.2) is 19.1 Å². The molecule has 0 spiro atoms.